The van der Waals surface area contributed by atoms with Gasteiger partial charge in [-0.15, -0.1) is 0 Å². The number of nitrogens with zero attached hydrogens (tertiary/aromatic N) is 2. The van der Waals surface area contributed by atoms with Crippen molar-refractivity contribution in [2.24, 2.45) is 10.6 Å². The Bertz CT molecular complexity index is 1440. The van der Waals surface area contributed by atoms with Gasteiger partial charge in [-0.2, -0.15) is 0 Å². The largest absolute Gasteiger partial charge is 0.493 e. The van der Waals surface area contributed by atoms with Crippen LogP contribution in [-0.4, -0.2) is 90.2 Å². The monoisotopic (exact) mass is 683 g/mol. The Labute approximate surface area is 289 Å². The Balaban J connectivity index is 1.63. The average Bonchev–Trinajstić information content (AvgIpc) is 3.80. The molecule has 2 aliphatic heterocycles. The van der Waals surface area contributed by atoms with Crippen LogP contribution in [-0.2, 0) is 28.8 Å². The van der Waals surface area contributed by atoms with Gasteiger partial charge in [0.25, 0.3) is 5.91 Å². The second-order valence-electron chi connectivity index (χ2n) is 14.6. The smallest absolute Gasteiger partial charge is 0.408 e. The minimum atomic E-state index is -1.07. The zero-order valence-electron chi connectivity index (χ0n) is 30.2. The summed E-state index contributed by atoms with van der Waals surface area (Å²) in [5.74, 6) is -1.84. The van der Waals surface area contributed by atoms with Gasteiger partial charge in [0.1, 0.15) is 23.9 Å². The number of ketones is 1. The predicted molar refractivity (Wildman–Crippen MR) is 183 cm³/mol. The lowest BCUT2D eigenvalue weighted by Gasteiger charge is -2.35. The molecule has 1 spiro atoms. The van der Waals surface area contributed by atoms with Crippen molar-refractivity contribution >= 4 is 35.3 Å². The molecule has 13 nitrogen and oxygen atoms in total. The van der Waals surface area contributed by atoms with Crippen LogP contribution in [0.25, 0.3) is 0 Å². The zero-order chi connectivity index (χ0) is 36.1. The van der Waals surface area contributed by atoms with Crippen LogP contribution in [0.3, 0.4) is 0 Å². The molecule has 0 aromatic heterocycles. The van der Waals surface area contributed by atoms with E-state index >= 15 is 0 Å². The van der Waals surface area contributed by atoms with Gasteiger partial charge in [0.2, 0.25) is 17.6 Å². The van der Waals surface area contributed by atoms with Crippen LogP contribution < -0.4 is 20.7 Å². The molecule has 1 aliphatic carbocycles. The van der Waals surface area contributed by atoms with Crippen LogP contribution in [0, 0.1) is 19.3 Å². The quantitative estimate of drug-likeness (QED) is 0.280. The molecule has 1 aromatic carbocycles. The molecule has 3 aliphatic rings. The van der Waals surface area contributed by atoms with Crippen molar-refractivity contribution in [2.45, 2.75) is 130 Å². The first kappa shape index (κ1) is 37.7. The van der Waals surface area contributed by atoms with Crippen molar-refractivity contribution in [1.29, 1.82) is 0 Å². The van der Waals surface area contributed by atoms with Crippen molar-refractivity contribution < 1.29 is 38.3 Å². The first-order valence-corrected chi connectivity index (χ1v) is 17.5. The van der Waals surface area contributed by atoms with Gasteiger partial charge in [-0.1, -0.05) is 39.3 Å². The van der Waals surface area contributed by atoms with Gasteiger partial charge in [0, 0.05) is 25.5 Å². The number of carbonyl (C=O) groups excluding carboxylic acids is 5. The third-order valence-electron chi connectivity index (χ3n) is 9.52. The number of oxime groups is 1. The third-order valence-corrected chi connectivity index (χ3v) is 9.52. The Hall–Kier alpha value is -4.16. The molecule has 1 saturated heterocycles. The molecular formula is C36H53N5O8. The van der Waals surface area contributed by atoms with E-state index in [0.717, 1.165) is 48.1 Å². The number of hydrogen-bond donors (Lipinski definition) is 3. The molecule has 2 fully saturated rings. The lowest BCUT2D eigenvalue weighted by atomic mass is 9.85. The lowest BCUT2D eigenvalue weighted by molar-refractivity contribution is -0.144. The Morgan fingerprint density at radius 2 is 1.71 bits per heavy atom. The van der Waals surface area contributed by atoms with Crippen molar-refractivity contribution in [3.63, 3.8) is 0 Å². The van der Waals surface area contributed by atoms with Crippen LogP contribution >= 0.6 is 0 Å². The molecule has 1 saturated carbocycles. The van der Waals surface area contributed by atoms with E-state index in [2.05, 4.69) is 21.1 Å². The van der Waals surface area contributed by atoms with Gasteiger partial charge in [-0.3, -0.25) is 19.2 Å². The number of nitrogens with one attached hydrogen (secondary N) is 3. The van der Waals surface area contributed by atoms with Gasteiger partial charge in [-0.05, 0) is 81.5 Å². The number of alkyl carbamates (subject to hydrolysis) is 1. The summed E-state index contributed by atoms with van der Waals surface area (Å²) in [6.45, 7) is 13.7. The molecule has 49 heavy (non-hydrogen) atoms. The number of Topliss-reactive ketones (excluding diaryl/α,β-unsaturated/α-hetero) is 1. The fourth-order valence-corrected chi connectivity index (χ4v) is 7.00. The Morgan fingerprint density at radius 3 is 2.29 bits per heavy atom. The van der Waals surface area contributed by atoms with E-state index in [0.29, 0.717) is 25.2 Å². The number of aryl methyl sites for hydroxylation is 2. The minimum absolute atomic E-state index is 0.0136. The van der Waals surface area contributed by atoms with Crippen LogP contribution in [0.4, 0.5) is 4.79 Å². The Kier molecular flexibility index (Phi) is 12.0. The molecule has 0 bridgehead atoms. The van der Waals surface area contributed by atoms with Crippen molar-refractivity contribution in [3.05, 3.63) is 28.8 Å². The van der Waals surface area contributed by atoms with Gasteiger partial charge >= 0.3 is 6.09 Å². The molecule has 2 heterocycles. The van der Waals surface area contributed by atoms with E-state index in [1.165, 1.54) is 11.9 Å². The highest BCUT2D eigenvalue weighted by atomic mass is 16.7. The summed E-state index contributed by atoms with van der Waals surface area (Å²) in [5.41, 5.74) is 1.64. The molecule has 0 radical (unpaired) electrons. The van der Waals surface area contributed by atoms with Gasteiger partial charge in [-0.25, -0.2) is 4.79 Å². The SMILES string of the molecule is CCC[C@H](NC(=O)[C@@H]1C[C@]2(CC(c3cc(C)c(OCC)c(C)c3)=NO2)CN1C(=O)[C@@H](NC(=O)OC1CCCC1)C(C)(C)C)C(=O)C(=O)NC. The van der Waals surface area contributed by atoms with Crippen molar-refractivity contribution in [1.82, 2.24) is 20.9 Å². The van der Waals surface area contributed by atoms with Crippen LogP contribution in [0.5, 0.6) is 5.75 Å². The van der Waals surface area contributed by atoms with Crippen molar-refractivity contribution in [3.8, 4) is 5.75 Å². The number of amides is 4. The van der Waals surface area contributed by atoms with Crippen LogP contribution in [0.2, 0.25) is 0 Å². The number of rotatable bonds is 12. The standard InChI is InChI=1S/C36H53N5O8/c1-9-13-25(28(42)32(44)37-8)38-31(43)27-19-36(18-26(40-49-36)23-16-21(3)29(47-10-2)22(4)17-23)20-41(27)33(45)30(35(5,6)7)39-34(46)48-24-14-11-12-15-24/h16-17,24-25,27,30H,9-15,18-20H2,1-8H3,(H,37,44)(H,38,43)(H,39,46)/t25-,27-,30+,36+/m0/s1. The molecule has 3 N–H and O–H groups in total. The van der Waals surface area contributed by atoms with Gasteiger partial charge < -0.3 is 35.2 Å². The number of ether oxygens (including phenoxy) is 2. The zero-order valence-corrected chi connectivity index (χ0v) is 30.2. The van der Waals surface area contributed by atoms with E-state index in [9.17, 15) is 24.0 Å². The number of likely N-dealkylation sites (tertiary alicyclic amines) is 1. The highest BCUT2D eigenvalue weighted by molar-refractivity contribution is 6.38. The second-order valence-corrected chi connectivity index (χ2v) is 14.6. The highest BCUT2D eigenvalue weighted by Gasteiger charge is 2.56. The first-order valence-electron chi connectivity index (χ1n) is 17.5. The van der Waals surface area contributed by atoms with Crippen LogP contribution in [0.1, 0.15) is 103 Å². The number of carbonyl (C=O) groups is 5. The summed E-state index contributed by atoms with van der Waals surface area (Å²) in [6, 6.07) is 0.784. The minimum Gasteiger partial charge on any atom is -0.493 e. The maximum Gasteiger partial charge on any atom is 0.408 e. The summed E-state index contributed by atoms with van der Waals surface area (Å²) >= 11 is 0. The molecule has 1 aromatic rings. The molecule has 4 rings (SSSR count). The maximum atomic E-state index is 14.5. The average molecular weight is 684 g/mol. The van der Waals surface area contributed by atoms with E-state index in [1.54, 1.807) is 0 Å². The molecule has 4 atom stereocenters. The normalized spacial score (nSPS) is 21.8. The summed E-state index contributed by atoms with van der Waals surface area (Å²) in [5, 5.41) is 12.3. The lowest BCUT2D eigenvalue weighted by Crippen LogP contribution is -2.59. The van der Waals surface area contributed by atoms with E-state index < -0.39 is 58.7 Å². The van der Waals surface area contributed by atoms with Crippen LogP contribution in [0.15, 0.2) is 17.3 Å². The predicted octanol–water partition coefficient (Wildman–Crippen LogP) is 3.85. The van der Waals surface area contributed by atoms with E-state index in [4.69, 9.17) is 14.3 Å². The topological polar surface area (TPSA) is 165 Å². The Morgan fingerprint density at radius 1 is 1.06 bits per heavy atom. The molecule has 270 valence electrons. The van der Waals surface area contributed by atoms with Gasteiger partial charge in [0.05, 0.1) is 24.9 Å². The highest BCUT2D eigenvalue weighted by Crippen LogP contribution is 2.41. The fraction of sp³-hybridized carbons (Fsp3) is 0.667. The maximum absolute atomic E-state index is 14.5. The van der Waals surface area contributed by atoms with E-state index in [-0.39, 0.29) is 25.5 Å². The summed E-state index contributed by atoms with van der Waals surface area (Å²) in [7, 11) is 1.35. The summed E-state index contributed by atoms with van der Waals surface area (Å²) in [4.78, 5) is 74.2. The number of benzene rings is 1. The van der Waals surface area contributed by atoms with Gasteiger partial charge in [0.15, 0.2) is 5.60 Å². The summed E-state index contributed by atoms with van der Waals surface area (Å²) in [6.07, 6.45) is 3.81. The number of hydrogen-bond acceptors (Lipinski definition) is 9. The molecule has 13 heteroatoms. The van der Waals surface area contributed by atoms with E-state index in [1.807, 2.05) is 60.6 Å². The summed E-state index contributed by atoms with van der Waals surface area (Å²) < 4.78 is 11.4. The van der Waals surface area contributed by atoms with Crippen molar-refractivity contribution in [2.75, 3.05) is 20.2 Å². The number of likely N-dealkylation sites (N-methyl/N-ethyl adjacent to an activating group) is 1. The first-order chi connectivity index (χ1) is 23.1. The third kappa shape index (κ3) is 8.72. The molecular weight excluding hydrogens is 630 g/mol. The molecule has 4 amide bonds. The second kappa shape index (κ2) is 15.6. The molecule has 0 unspecified atom stereocenters. The fourth-order valence-electron chi connectivity index (χ4n) is 7.00.